The summed E-state index contributed by atoms with van der Waals surface area (Å²) in [4.78, 5) is 28.7. The number of carbonyl (C=O) groups is 2. The number of amides is 1. The van der Waals surface area contributed by atoms with Crippen molar-refractivity contribution in [1.29, 1.82) is 0 Å². The van der Waals surface area contributed by atoms with Crippen molar-refractivity contribution in [2.24, 2.45) is 0 Å². The number of aromatic nitrogens is 1. The number of carbonyl (C=O) groups excluding carboxylic acids is 1. The summed E-state index contributed by atoms with van der Waals surface area (Å²) in [6.07, 6.45) is 1.46. The van der Waals surface area contributed by atoms with Gasteiger partial charge in [-0.2, -0.15) is 0 Å². The lowest BCUT2D eigenvalue weighted by atomic mass is 10.0. The number of hydrogen-bond acceptors (Lipinski definition) is 2. The Labute approximate surface area is 162 Å². The molecule has 5 nitrogen and oxygen atoms in total. The van der Waals surface area contributed by atoms with Crippen LogP contribution < -0.4 is 0 Å². The molecule has 0 atom stereocenters. The fourth-order valence-electron chi connectivity index (χ4n) is 3.37. The van der Waals surface area contributed by atoms with E-state index in [0.717, 1.165) is 34.1 Å². The van der Waals surface area contributed by atoms with Crippen LogP contribution in [0.3, 0.4) is 0 Å². The molecule has 0 saturated heterocycles. The van der Waals surface area contributed by atoms with Gasteiger partial charge in [-0.25, -0.2) is 13.6 Å². The van der Waals surface area contributed by atoms with Gasteiger partial charge in [-0.3, -0.25) is 4.79 Å². The van der Waals surface area contributed by atoms with Gasteiger partial charge in [0.15, 0.2) is 11.6 Å². The number of carboxylic acids is 1. The molecule has 1 aliphatic rings. The first-order valence-electron chi connectivity index (χ1n) is 8.37. The van der Waals surface area contributed by atoms with E-state index in [-0.39, 0.29) is 12.1 Å². The maximum Gasteiger partial charge on any atom is 0.339 e. The maximum atomic E-state index is 14.0. The van der Waals surface area contributed by atoms with E-state index in [2.05, 4.69) is 4.98 Å². The normalized spacial score (nSPS) is 13.8. The van der Waals surface area contributed by atoms with Crippen LogP contribution in [0.15, 0.2) is 42.6 Å². The Balaban J connectivity index is 1.82. The molecule has 4 rings (SSSR count). The molecule has 1 aliphatic heterocycles. The molecule has 2 N–H and O–H groups in total. The Hall–Kier alpha value is -3.19. The Bertz CT molecular complexity index is 1170. The van der Waals surface area contributed by atoms with Crippen molar-refractivity contribution in [1.82, 2.24) is 9.88 Å². The van der Waals surface area contributed by atoms with Gasteiger partial charge >= 0.3 is 5.97 Å². The van der Waals surface area contributed by atoms with E-state index in [4.69, 9.17) is 11.6 Å². The van der Waals surface area contributed by atoms with E-state index in [9.17, 15) is 23.5 Å². The third-order valence-electron chi connectivity index (χ3n) is 4.70. The first-order chi connectivity index (χ1) is 13.4. The number of rotatable bonds is 2. The second kappa shape index (κ2) is 6.76. The molecule has 0 bridgehead atoms. The van der Waals surface area contributed by atoms with Crippen LogP contribution in [0.1, 0.15) is 21.6 Å². The van der Waals surface area contributed by atoms with Crippen molar-refractivity contribution in [3.8, 4) is 0 Å². The van der Waals surface area contributed by atoms with Crippen LogP contribution in [0.2, 0.25) is 5.02 Å². The number of benzene rings is 2. The molecule has 1 amide bonds. The summed E-state index contributed by atoms with van der Waals surface area (Å²) in [6.45, 7) is 0.0953. The lowest BCUT2D eigenvalue weighted by molar-refractivity contribution is -0.130. The zero-order valence-electron chi connectivity index (χ0n) is 14.3. The van der Waals surface area contributed by atoms with Crippen molar-refractivity contribution in [2.45, 2.75) is 6.42 Å². The zero-order valence-corrected chi connectivity index (χ0v) is 15.1. The molecule has 0 aliphatic carbocycles. The predicted molar refractivity (Wildman–Crippen MR) is 100 cm³/mol. The SMILES string of the molecule is O=C(O)C1=CN(C(=O)c2cccc(F)c2F)CCc2c1[nH]c1ccc(Cl)cc21. The van der Waals surface area contributed by atoms with Gasteiger partial charge in [0.25, 0.3) is 5.91 Å². The van der Waals surface area contributed by atoms with Crippen molar-refractivity contribution in [3.63, 3.8) is 0 Å². The summed E-state index contributed by atoms with van der Waals surface area (Å²) in [7, 11) is 0. The number of nitrogens with one attached hydrogen (secondary N) is 1. The first kappa shape index (κ1) is 18.2. The lowest BCUT2D eigenvalue weighted by Gasteiger charge is -2.18. The third-order valence-corrected chi connectivity index (χ3v) is 4.93. The summed E-state index contributed by atoms with van der Waals surface area (Å²) < 4.78 is 27.5. The van der Waals surface area contributed by atoms with Crippen LogP contribution in [0, 0.1) is 11.6 Å². The molecule has 2 aromatic carbocycles. The Kier molecular flexibility index (Phi) is 4.39. The fourth-order valence-corrected chi connectivity index (χ4v) is 3.54. The monoisotopic (exact) mass is 402 g/mol. The van der Waals surface area contributed by atoms with E-state index in [1.807, 2.05) is 0 Å². The Morgan fingerprint density at radius 1 is 1.18 bits per heavy atom. The Morgan fingerprint density at radius 2 is 1.96 bits per heavy atom. The van der Waals surface area contributed by atoms with Crippen LogP contribution >= 0.6 is 11.6 Å². The number of aromatic amines is 1. The topological polar surface area (TPSA) is 73.4 Å². The van der Waals surface area contributed by atoms with Gasteiger partial charge in [0.2, 0.25) is 0 Å². The van der Waals surface area contributed by atoms with Crippen LogP contribution in [0.4, 0.5) is 8.78 Å². The van der Waals surface area contributed by atoms with Crippen LogP contribution in [0.5, 0.6) is 0 Å². The molecule has 2 heterocycles. The molecular weight excluding hydrogens is 390 g/mol. The van der Waals surface area contributed by atoms with Crippen LogP contribution in [-0.2, 0) is 11.2 Å². The minimum absolute atomic E-state index is 0.0953. The van der Waals surface area contributed by atoms with E-state index in [1.165, 1.54) is 6.07 Å². The highest BCUT2D eigenvalue weighted by molar-refractivity contribution is 6.31. The molecule has 3 aromatic rings. The molecule has 0 fully saturated rings. The van der Waals surface area contributed by atoms with Crippen LogP contribution in [-0.4, -0.2) is 33.4 Å². The number of H-pyrrole nitrogens is 1. The highest BCUT2D eigenvalue weighted by Crippen LogP contribution is 2.32. The molecule has 0 radical (unpaired) electrons. The lowest BCUT2D eigenvalue weighted by Crippen LogP contribution is -2.28. The second-order valence-electron chi connectivity index (χ2n) is 6.37. The maximum absolute atomic E-state index is 14.0. The number of carboxylic acid groups (broad SMARTS) is 1. The molecule has 142 valence electrons. The number of nitrogens with zero attached hydrogens (tertiary/aromatic N) is 1. The standard InChI is InChI=1S/C20H13ClF2N2O3/c21-10-4-5-16-13(8-10)11-6-7-25(9-14(20(27)28)18(11)24-16)19(26)12-2-1-3-15(22)17(12)23/h1-5,8-9,24H,6-7H2,(H,27,28). The second-order valence-corrected chi connectivity index (χ2v) is 6.80. The van der Waals surface area contributed by atoms with Gasteiger partial charge in [-0.1, -0.05) is 17.7 Å². The average Bonchev–Trinajstić information content (AvgIpc) is 2.89. The summed E-state index contributed by atoms with van der Waals surface area (Å²) in [5.41, 5.74) is 1.17. The summed E-state index contributed by atoms with van der Waals surface area (Å²) >= 11 is 6.06. The van der Waals surface area contributed by atoms with Gasteiger partial charge < -0.3 is 15.0 Å². The Morgan fingerprint density at radius 3 is 2.71 bits per heavy atom. The average molecular weight is 403 g/mol. The molecule has 1 aromatic heterocycles. The largest absolute Gasteiger partial charge is 0.478 e. The number of halogens is 3. The minimum atomic E-state index is -1.27. The fraction of sp³-hybridized carbons (Fsp3) is 0.100. The number of aliphatic carboxylic acids is 1. The van der Waals surface area contributed by atoms with Gasteiger partial charge in [0.05, 0.1) is 16.8 Å². The van der Waals surface area contributed by atoms with Gasteiger partial charge in [-0.05, 0) is 42.3 Å². The smallest absolute Gasteiger partial charge is 0.339 e. The molecular formula is C20H13ClF2N2O3. The van der Waals surface area contributed by atoms with E-state index >= 15 is 0 Å². The number of fused-ring (bicyclic) bond motifs is 3. The first-order valence-corrected chi connectivity index (χ1v) is 8.75. The van der Waals surface area contributed by atoms with Gasteiger partial charge in [-0.15, -0.1) is 0 Å². The summed E-state index contributed by atoms with van der Waals surface area (Å²) in [6, 6.07) is 8.45. The molecule has 0 spiro atoms. The highest BCUT2D eigenvalue weighted by atomic mass is 35.5. The predicted octanol–water partition coefficient (Wildman–Crippen LogP) is 4.22. The van der Waals surface area contributed by atoms with Crippen molar-refractivity contribution in [2.75, 3.05) is 6.54 Å². The summed E-state index contributed by atoms with van der Waals surface area (Å²) in [5, 5.41) is 10.9. The van der Waals surface area contributed by atoms with Crippen LogP contribution in [0.25, 0.3) is 16.5 Å². The van der Waals surface area contributed by atoms with Crippen molar-refractivity contribution >= 4 is 40.0 Å². The van der Waals surface area contributed by atoms with E-state index in [0.29, 0.717) is 22.7 Å². The molecule has 28 heavy (non-hydrogen) atoms. The molecule has 0 saturated carbocycles. The van der Waals surface area contributed by atoms with Gasteiger partial charge in [0, 0.05) is 28.7 Å². The molecule has 8 heteroatoms. The molecule has 0 unspecified atom stereocenters. The van der Waals surface area contributed by atoms with Crippen molar-refractivity contribution in [3.05, 3.63) is 76.1 Å². The highest BCUT2D eigenvalue weighted by Gasteiger charge is 2.28. The summed E-state index contributed by atoms with van der Waals surface area (Å²) in [5.74, 6) is -4.48. The zero-order chi connectivity index (χ0) is 20.0. The van der Waals surface area contributed by atoms with E-state index in [1.54, 1.807) is 18.2 Å². The number of hydrogen-bond donors (Lipinski definition) is 2. The van der Waals surface area contributed by atoms with Crippen molar-refractivity contribution < 1.29 is 23.5 Å². The quantitative estimate of drug-likeness (QED) is 0.674. The van der Waals surface area contributed by atoms with E-state index < -0.39 is 29.1 Å². The minimum Gasteiger partial charge on any atom is -0.478 e. The van der Waals surface area contributed by atoms with Gasteiger partial charge in [0.1, 0.15) is 0 Å². The third kappa shape index (κ3) is 2.93.